The van der Waals surface area contributed by atoms with Crippen LogP contribution >= 0.6 is 0 Å². The van der Waals surface area contributed by atoms with Crippen molar-refractivity contribution in [2.45, 2.75) is 115 Å². The Morgan fingerprint density at radius 1 is 0.762 bits per heavy atom. The predicted molar refractivity (Wildman–Crippen MR) is 90.4 cm³/mol. The molecule has 1 N–H and O–H groups in total. The zero-order chi connectivity index (χ0) is 15.2. The van der Waals surface area contributed by atoms with Crippen LogP contribution in [0.3, 0.4) is 0 Å². The van der Waals surface area contributed by atoms with Crippen molar-refractivity contribution in [3.63, 3.8) is 0 Å². The third-order valence-corrected chi connectivity index (χ3v) is 4.75. The molecule has 1 unspecified atom stereocenters. The molecule has 1 heterocycles. The van der Waals surface area contributed by atoms with Crippen molar-refractivity contribution in [2.75, 3.05) is 6.61 Å². The van der Waals surface area contributed by atoms with E-state index in [0.29, 0.717) is 0 Å². The Balaban J connectivity index is 1.73. The van der Waals surface area contributed by atoms with Crippen molar-refractivity contribution in [3.05, 3.63) is 0 Å². The maximum absolute atomic E-state index is 10.0. The zero-order valence-electron chi connectivity index (χ0n) is 14.4. The lowest BCUT2D eigenvalue weighted by Crippen LogP contribution is -2.26. The summed E-state index contributed by atoms with van der Waals surface area (Å²) < 4.78 is 5.40. The second-order valence-corrected chi connectivity index (χ2v) is 6.89. The van der Waals surface area contributed by atoms with Crippen LogP contribution in [0.25, 0.3) is 0 Å². The number of hydrogen-bond donors (Lipinski definition) is 1. The minimum Gasteiger partial charge on any atom is -0.365 e. The minimum atomic E-state index is -0.766. The summed E-state index contributed by atoms with van der Waals surface area (Å²) in [5, 5.41) is 10.0. The normalized spacial score (nSPS) is 22.0. The van der Waals surface area contributed by atoms with E-state index in [9.17, 15) is 5.11 Å². The van der Waals surface area contributed by atoms with E-state index in [1.165, 1.54) is 77.0 Å². The van der Waals surface area contributed by atoms with Gasteiger partial charge in [-0.25, -0.2) is 0 Å². The molecule has 21 heavy (non-hydrogen) atoms. The number of aliphatic hydroxyl groups is 1. The monoisotopic (exact) mass is 298 g/mol. The maximum Gasteiger partial charge on any atom is 0.165 e. The molecule has 0 saturated carbocycles. The van der Waals surface area contributed by atoms with E-state index in [1.807, 2.05) is 0 Å². The molecule has 0 radical (unpaired) electrons. The number of ether oxygens (including phenoxy) is 1. The van der Waals surface area contributed by atoms with E-state index < -0.39 is 5.79 Å². The molecule has 0 aromatic heterocycles. The van der Waals surface area contributed by atoms with Crippen molar-refractivity contribution in [1.29, 1.82) is 0 Å². The Labute approximate surface area is 132 Å². The number of hydrogen-bond acceptors (Lipinski definition) is 2. The molecular weight excluding hydrogens is 260 g/mol. The summed E-state index contributed by atoms with van der Waals surface area (Å²) in [6, 6.07) is 0. The lowest BCUT2D eigenvalue weighted by atomic mass is 10.0. The topological polar surface area (TPSA) is 29.5 Å². The molecule has 1 aliphatic rings. The molecule has 1 atom stereocenters. The van der Waals surface area contributed by atoms with Gasteiger partial charge in [-0.15, -0.1) is 0 Å². The van der Waals surface area contributed by atoms with Crippen LogP contribution in [0.5, 0.6) is 0 Å². The smallest absolute Gasteiger partial charge is 0.165 e. The highest BCUT2D eigenvalue weighted by Gasteiger charge is 2.31. The van der Waals surface area contributed by atoms with Gasteiger partial charge in [-0.3, -0.25) is 0 Å². The second-order valence-electron chi connectivity index (χ2n) is 6.89. The molecular formula is C19H38O2. The summed E-state index contributed by atoms with van der Waals surface area (Å²) in [6.45, 7) is 3.02. The van der Waals surface area contributed by atoms with Crippen LogP contribution in [0.4, 0.5) is 0 Å². The van der Waals surface area contributed by atoms with Crippen molar-refractivity contribution >= 4 is 0 Å². The summed E-state index contributed by atoms with van der Waals surface area (Å²) in [5.74, 6) is -0.766. The number of unbranched alkanes of at least 4 members (excludes halogenated alkanes) is 12. The van der Waals surface area contributed by atoms with Crippen molar-refractivity contribution < 1.29 is 9.84 Å². The van der Waals surface area contributed by atoms with Crippen molar-refractivity contribution in [1.82, 2.24) is 0 Å². The van der Waals surface area contributed by atoms with Crippen LogP contribution in [0, 0.1) is 0 Å². The average Bonchev–Trinajstić information content (AvgIpc) is 2.91. The fourth-order valence-electron chi connectivity index (χ4n) is 3.30. The van der Waals surface area contributed by atoms with Crippen LogP contribution in [0.1, 0.15) is 110 Å². The van der Waals surface area contributed by atoms with Gasteiger partial charge in [0.05, 0.1) is 6.61 Å². The van der Waals surface area contributed by atoms with Gasteiger partial charge in [-0.05, 0) is 12.8 Å². The largest absolute Gasteiger partial charge is 0.365 e. The van der Waals surface area contributed by atoms with E-state index in [0.717, 1.165) is 32.3 Å². The van der Waals surface area contributed by atoms with E-state index in [-0.39, 0.29) is 0 Å². The fraction of sp³-hybridized carbons (Fsp3) is 1.00. The average molecular weight is 299 g/mol. The van der Waals surface area contributed by atoms with Gasteiger partial charge in [0.1, 0.15) is 0 Å². The van der Waals surface area contributed by atoms with E-state index in [4.69, 9.17) is 4.74 Å². The molecule has 0 amide bonds. The van der Waals surface area contributed by atoms with Gasteiger partial charge in [0.25, 0.3) is 0 Å². The first-order chi connectivity index (χ1) is 10.3. The summed E-state index contributed by atoms with van der Waals surface area (Å²) in [6.07, 6.45) is 20.5. The number of rotatable bonds is 14. The van der Waals surface area contributed by atoms with Crippen LogP contribution < -0.4 is 0 Å². The second kappa shape index (κ2) is 12.5. The van der Waals surface area contributed by atoms with Gasteiger partial charge in [0.15, 0.2) is 5.79 Å². The molecule has 0 spiro atoms. The Hall–Kier alpha value is -0.0800. The van der Waals surface area contributed by atoms with E-state index >= 15 is 0 Å². The quantitative estimate of drug-likeness (QED) is 0.400. The van der Waals surface area contributed by atoms with Gasteiger partial charge in [0.2, 0.25) is 0 Å². The maximum atomic E-state index is 10.0. The highest BCUT2D eigenvalue weighted by atomic mass is 16.6. The van der Waals surface area contributed by atoms with E-state index in [2.05, 4.69) is 6.92 Å². The van der Waals surface area contributed by atoms with Gasteiger partial charge in [-0.2, -0.15) is 0 Å². The van der Waals surface area contributed by atoms with Crippen LogP contribution in [0.15, 0.2) is 0 Å². The standard InChI is InChI=1S/C19H38O2/c1-2-3-4-5-6-7-8-9-10-11-12-13-14-16-19(20)17-15-18-21-19/h20H,2-18H2,1H3. The minimum absolute atomic E-state index is 0.745. The highest BCUT2D eigenvalue weighted by molar-refractivity contribution is 4.72. The molecule has 1 saturated heterocycles. The van der Waals surface area contributed by atoms with Crippen LogP contribution in [-0.2, 0) is 4.74 Å². The van der Waals surface area contributed by atoms with Crippen LogP contribution in [0.2, 0.25) is 0 Å². The lowest BCUT2D eigenvalue weighted by Gasteiger charge is -2.21. The third-order valence-electron chi connectivity index (χ3n) is 4.75. The first-order valence-electron chi connectivity index (χ1n) is 9.63. The third kappa shape index (κ3) is 10.3. The SMILES string of the molecule is CCCCCCCCCCCCCCCC1(O)CCCO1. The first kappa shape index (κ1) is 19.0. The Morgan fingerprint density at radius 3 is 1.67 bits per heavy atom. The van der Waals surface area contributed by atoms with Gasteiger partial charge >= 0.3 is 0 Å². The predicted octanol–water partition coefficient (Wildman–Crippen LogP) is 5.97. The summed E-state index contributed by atoms with van der Waals surface area (Å²) in [7, 11) is 0. The molecule has 0 aromatic rings. The molecule has 1 aliphatic heterocycles. The van der Waals surface area contributed by atoms with Gasteiger partial charge in [-0.1, -0.05) is 84.0 Å². The van der Waals surface area contributed by atoms with Gasteiger partial charge < -0.3 is 9.84 Å². The Kier molecular flexibility index (Phi) is 11.3. The molecule has 126 valence electrons. The molecule has 2 nitrogen and oxygen atoms in total. The summed E-state index contributed by atoms with van der Waals surface area (Å²) in [5.41, 5.74) is 0. The Morgan fingerprint density at radius 2 is 1.24 bits per heavy atom. The molecule has 0 aromatic carbocycles. The van der Waals surface area contributed by atoms with Crippen molar-refractivity contribution in [3.8, 4) is 0 Å². The molecule has 1 rings (SSSR count). The molecule has 1 fully saturated rings. The van der Waals surface area contributed by atoms with Crippen LogP contribution in [-0.4, -0.2) is 17.5 Å². The summed E-state index contributed by atoms with van der Waals surface area (Å²) >= 11 is 0. The van der Waals surface area contributed by atoms with Gasteiger partial charge in [0, 0.05) is 12.8 Å². The molecule has 2 heteroatoms. The molecule has 0 bridgehead atoms. The fourth-order valence-corrected chi connectivity index (χ4v) is 3.30. The zero-order valence-corrected chi connectivity index (χ0v) is 14.4. The molecule has 0 aliphatic carbocycles. The van der Waals surface area contributed by atoms with E-state index in [1.54, 1.807) is 0 Å². The Bertz CT molecular complexity index is 222. The first-order valence-corrected chi connectivity index (χ1v) is 9.63. The highest BCUT2D eigenvalue weighted by Crippen LogP contribution is 2.28. The lowest BCUT2D eigenvalue weighted by molar-refractivity contribution is -0.175. The van der Waals surface area contributed by atoms with Crippen molar-refractivity contribution in [2.24, 2.45) is 0 Å². The summed E-state index contributed by atoms with van der Waals surface area (Å²) in [4.78, 5) is 0.